The summed E-state index contributed by atoms with van der Waals surface area (Å²) >= 11 is 13.5. The number of nitrogens with one attached hydrogen (secondary N) is 2. The maximum absolute atomic E-state index is 6.74. The van der Waals surface area contributed by atoms with Gasteiger partial charge in [0.05, 0.1) is 10.0 Å². The topological polar surface area (TPSA) is 31.6 Å². The first kappa shape index (κ1) is 20.2. The number of aromatic amines is 2. The van der Waals surface area contributed by atoms with E-state index >= 15 is 0 Å². The van der Waals surface area contributed by atoms with E-state index in [1.807, 2.05) is 30.3 Å². The molecule has 6 rings (SSSR count). The Balaban J connectivity index is 1.79. The van der Waals surface area contributed by atoms with E-state index in [-0.39, 0.29) is 0 Å². The summed E-state index contributed by atoms with van der Waals surface area (Å²) in [6.07, 6.45) is 4.13. The molecule has 160 valence electrons. The Kier molecular flexibility index (Phi) is 4.79. The van der Waals surface area contributed by atoms with Crippen LogP contribution in [0.15, 0.2) is 91.3 Å². The van der Waals surface area contributed by atoms with Gasteiger partial charge in [0.25, 0.3) is 0 Å². The zero-order valence-corrected chi connectivity index (χ0v) is 19.4. The molecular formula is C29H20Cl2N2. The second-order valence-corrected chi connectivity index (χ2v) is 9.09. The number of rotatable bonds is 3. The van der Waals surface area contributed by atoms with E-state index in [0.29, 0.717) is 0 Å². The first-order valence-electron chi connectivity index (χ1n) is 10.8. The van der Waals surface area contributed by atoms with Crippen LogP contribution in [0.3, 0.4) is 0 Å². The maximum atomic E-state index is 6.74. The molecule has 2 N–H and O–H groups in total. The molecule has 2 heterocycles. The highest BCUT2D eigenvalue weighted by atomic mass is 35.5. The highest BCUT2D eigenvalue weighted by Crippen LogP contribution is 2.47. The molecule has 0 aliphatic heterocycles. The average Bonchev–Trinajstić information content (AvgIpc) is 3.45. The van der Waals surface area contributed by atoms with Crippen LogP contribution in [0.25, 0.3) is 55.2 Å². The number of benzene rings is 4. The van der Waals surface area contributed by atoms with Crippen LogP contribution >= 0.6 is 23.2 Å². The predicted octanol–water partition coefficient (Wildman–Crippen LogP) is 9.27. The lowest BCUT2D eigenvalue weighted by Crippen LogP contribution is -1.93. The normalized spacial score (nSPS) is 11.5. The number of hydrogen-bond acceptors (Lipinski definition) is 0. The minimum atomic E-state index is 0.729. The van der Waals surface area contributed by atoms with E-state index in [4.69, 9.17) is 23.2 Å². The third-order valence-electron chi connectivity index (χ3n) is 6.35. The average molecular weight is 467 g/mol. The van der Waals surface area contributed by atoms with E-state index in [2.05, 4.69) is 77.8 Å². The van der Waals surface area contributed by atoms with E-state index in [9.17, 15) is 0 Å². The number of fused-ring (bicyclic) bond motifs is 2. The Morgan fingerprint density at radius 2 is 1.12 bits per heavy atom. The molecule has 2 aromatic heterocycles. The van der Waals surface area contributed by atoms with Crippen molar-refractivity contribution in [1.29, 1.82) is 0 Å². The van der Waals surface area contributed by atoms with Crippen molar-refractivity contribution >= 4 is 45.0 Å². The van der Waals surface area contributed by atoms with Crippen molar-refractivity contribution in [2.24, 2.45) is 0 Å². The van der Waals surface area contributed by atoms with Crippen LogP contribution in [0.1, 0.15) is 5.56 Å². The van der Waals surface area contributed by atoms with Crippen LogP contribution in [-0.4, -0.2) is 9.97 Å². The molecule has 0 aliphatic carbocycles. The molecule has 4 aromatic carbocycles. The molecule has 0 fully saturated rings. The van der Waals surface area contributed by atoms with Crippen molar-refractivity contribution in [2.75, 3.05) is 0 Å². The van der Waals surface area contributed by atoms with Crippen molar-refractivity contribution in [3.05, 3.63) is 107 Å². The summed E-state index contributed by atoms with van der Waals surface area (Å²) < 4.78 is 0. The van der Waals surface area contributed by atoms with Crippen LogP contribution < -0.4 is 0 Å². The summed E-state index contributed by atoms with van der Waals surface area (Å²) in [6, 6.07) is 26.8. The van der Waals surface area contributed by atoms with Crippen LogP contribution in [-0.2, 0) is 0 Å². The van der Waals surface area contributed by atoms with Gasteiger partial charge in [-0.05, 0) is 59.0 Å². The number of halogens is 2. The second-order valence-electron chi connectivity index (χ2n) is 8.28. The zero-order valence-electron chi connectivity index (χ0n) is 17.9. The van der Waals surface area contributed by atoms with Crippen LogP contribution in [0.5, 0.6) is 0 Å². The monoisotopic (exact) mass is 466 g/mol. The van der Waals surface area contributed by atoms with Crippen molar-refractivity contribution in [3.8, 4) is 33.4 Å². The molecule has 0 radical (unpaired) electrons. The molecule has 0 saturated heterocycles. The van der Waals surface area contributed by atoms with Gasteiger partial charge >= 0.3 is 0 Å². The molecule has 4 heteroatoms. The van der Waals surface area contributed by atoms with Crippen molar-refractivity contribution < 1.29 is 0 Å². The number of aryl methyl sites for hydroxylation is 1. The van der Waals surface area contributed by atoms with Gasteiger partial charge in [-0.2, -0.15) is 0 Å². The van der Waals surface area contributed by atoms with Gasteiger partial charge in [-0.15, -0.1) is 0 Å². The van der Waals surface area contributed by atoms with Gasteiger partial charge in [0, 0.05) is 45.3 Å². The molecule has 0 bridgehead atoms. The van der Waals surface area contributed by atoms with Gasteiger partial charge < -0.3 is 9.97 Å². The minimum Gasteiger partial charge on any atom is -0.360 e. The van der Waals surface area contributed by atoms with E-state index in [1.165, 1.54) is 5.56 Å². The molecule has 33 heavy (non-hydrogen) atoms. The number of aromatic nitrogens is 2. The molecular weight excluding hydrogens is 447 g/mol. The van der Waals surface area contributed by atoms with Crippen molar-refractivity contribution in [2.45, 2.75) is 6.92 Å². The SMILES string of the molecule is Cc1ccc(-c2ccccc2)c(-c2c[nH]c3cccc(Cl)c23)c1-c1c[nH]c2cccc(Cl)c12. The Labute approximate surface area is 201 Å². The largest absolute Gasteiger partial charge is 0.360 e. The Bertz CT molecular complexity index is 1640. The summed E-state index contributed by atoms with van der Waals surface area (Å²) in [7, 11) is 0. The van der Waals surface area contributed by atoms with Crippen LogP contribution in [0.4, 0.5) is 0 Å². The van der Waals surface area contributed by atoms with E-state index in [0.717, 1.165) is 65.2 Å². The summed E-state index contributed by atoms with van der Waals surface area (Å²) in [5, 5.41) is 3.51. The van der Waals surface area contributed by atoms with Gasteiger partial charge in [0.15, 0.2) is 0 Å². The van der Waals surface area contributed by atoms with Gasteiger partial charge in [0.2, 0.25) is 0 Å². The molecule has 6 aromatic rings. The summed E-state index contributed by atoms with van der Waals surface area (Å²) in [5.74, 6) is 0. The lowest BCUT2D eigenvalue weighted by atomic mass is 9.85. The summed E-state index contributed by atoms with van der Waals surface area (Å²) in [6.45, 7) is 2.15. The molecule has 0 saturated carbocycles. The Morgan fingerprint density at radius 1 is 0.545 bits per heavy atom. The first-order valence-corrected chi connectivity index (χ1v) is 11.6. The molecule has 0 aliphatic rings. The van der Waals surface area contributed by atoms with Gasteiger partial charge in [-0.1, -0.05) is 77.8 Å². The van der Waals surface area contributed by atoms with Crippen LogP contribution in [0, 0.1) is 6.92 Å². The molecule has 2 nitrogen and oxygen atoms in total. The lowest BCUT2D eigenvalue weighted by Gasteiger charge is -2.18. The third kappa shape index (κ3) is 3.18. The Hall–Kier alpha value is -3.46. The highest BCUT2D eigenvalue weighted by Gasteiger charge is 2.22. The van der Waals surface area contributed by atoms with E-state index < -0.39 is 0 Å². The number of hydrogen-bond donors (Lipinski definition) is 2. The standard InChI is InChI=1S/C29H20Cl2N2/c1-17-13-14-19(18-7-3-2-4-8-18)27(21-16-33-25-12-6-10-23(31)29(21)25)26(17)20-15-32-24-11-5-9-22(30)28(20)24/h2-16,32-33H,1H3. The zero-order chi connectivity index (χ0) is 22.5. The van der Waals surface area contributed by atoms with E-state index in [1.54, 1.807) is 0 Å². The van der Waals surface area contributed by atoms with Crippen LogP contribution in [0.2, 0.25) is 10.0 Å². The smallest absolute Gasteiger partial charge is 0.0506 e. The summed E-state index contributed by atoms with van der Waals surface area (Å²) in [5.41, 5.74) is 9.96. The van der Waals surface area contributed by atoms with Crippen molar-refractivity contribution in [3.63, 3.8) is 0 Å². The fourth-order valence-electron chi connectivity index (χ4n) is 4.87. The molecule has 0 spiro atoms. The third-order valence-corrected chi connectivity index (χ3v) is 6.98. The number of H-pyrrole nitrogens is 2. The summed E-state index contributed by atoms with van der Waals surface area (Å²) in [4.78, 5) is 6.85. The lowest BCUT2D eigenvalue weighted by molar-refractivity contribution is 1.43. The Morgan fingerprint density at radius 3 is 1.73 bits per heavy atom. The van der Waals surface area contributed by atoms with Gasteiger partial charge in [-0.3, -0.25) is 0 Å². The fraction of sp³-hybridized carbons (Fsp3) is 0.0345. The quantitative estimate of drug-likeness (QED) is 0.260. The first-order chi connectivity index (χ1) is 16.1. The fourth-order valence-corrected chi connectivity index (χ4v) is 5.42. The predicted molar refractivity (Wildman–Crippen MR) is 141 cm³/mol. The van der Waals surface area contributed by atoms with Gasteiger partial charge in [-0.25, -0.2) is 0 Å². The minimum absolute atomic E-state index is 0.729. The molecule has 0 unspecified atom stereocenters. The maximum Gasteiger partial charge on any atom is 0.0506 e. The van der Waals surface area contributed by atoms with Gasteiger partial charge in [0.1, 0.15) is 0 Å². The second kappa shape index (κ2) is 7.84. The highest BCUT2D eigenvalue weighted by molar-refractivity contribution is 6.38. The molecule has 0 amide bonds. The molecule has 0 atom stereocenters. The van der Waals surface area contributed by atoms with Crippen molar-refractivity contribution in [1.82, 2.24) is 9.97 Å².